The maximum Gasteiger partial charge on any atom is 0.303 e. The first kappa shape index (κ1) is 17.0. The van der Waals surface area contributed by atoms with Gasteiger partial charge in [0.1, 0.15) is 0 Å². The molecule has 5 nitrogen and oxygen atoms in total. The molecule has 0 spiro atoms. The van der Waals surface area contributed by atoms with Gasteiger partial charge in [0.2, 0.25) is 5.91 Å². The SMILES string of the molecule is CC(C)(C)CC(CN)C(=O)NCC1(CC(=O)O)CCC1. The summed E-state index contributed by atoms with van der Waals surface area (Å²) in [6.45, 7) is 7.04. The Morgan fingerprint density at radius 1 is 1.35 bits per heavy atom. The molecule has 1 aliphatic carbocycles. The molecule has 1 amide bonds. The molecule has 0 aromatic heterocycles. The number of carbonyl (C=O) groups is 2. The minimum absolute atomic E-state index is 0.0425. The van der Waals surface area contributed by atoms with E-state index in [-0.39, 0.29) is 29.1 Å². The van der Waals surface area contributed by atoms with Gasteiger partial charge in [-0.1, -0.05) is 27.2 Å². The van der Waals surface area contributed by atoms with Crippen molar-refractivity contribution in [2.75, 3.05) is 13.1 Å². The van der Waals surface area contributed by atoms with Crippen LogP contribution in [-0.4, -0.2) is 30.1 Å². The number of nitrogens with one attached hydrogen (secondary N) is 1. The molecule has 0 bridgehead atoms. The fourth-order valence-corrected chi connectivity index (χ4v) is 2.85. The molecule has 0 aromatic rings. The third-order valence-corrected chi connectivity index (χ3v) is 4.09. The smallest absolute Gasteiger partial charge is 0.303 e. The molecule has 0 aliphatic heterocycles. The van der Waals surface area contributed by atoms with Crippen molar-refractivity contribution in [1.82, 2.24) is 5.32 Å². The topological polar surface area (TPSA) is 92.4 Å². The summed E-state index contributed by atoms with van der Waals surface area (Å²) in [4.78, 5) is 23.1. The summed E-state index contributed by atoms with van der Waals surface area (Å²) >= 11 is 0. The van der Waals surface area contributed by atoms with Crippen LogP contribution in [0.15, 0.2) is 0 Å². The van der Waals surface area contributed by atoms with Crippen LogP contribution >= 0.6 is 0 Å². The predicted octanol–water partition coefficient (Wildman–Crippen LogP) is 1.76. The summed E-state index contributed by atoms with van der Waals surface area (Å²) in [6.07, 6.45) is 3.69. The summed E-state index contributed by atoms with van der Waals surface area (Å²) in [5.74, 6) is -1.03. The third kappa shape index (κ3) is 5.12. The lowest BCUT2D eigenvalue weighted by atomic mass is 9.66. The lowest BCUT2D eigenvalue weighted by Gasteiger charge is -2.41. The van der Waals surface area contributed by atoms with Gasteiger partial charge in [-0.05, 0) is 30.1 Å². The molecular weight excluding hydrogens is 256 g/mol. The minimum Gasteiger partial charge on any atom is -0.481 e. The molecule has 4 N–H and O–H groups in total. The Bertz CT molecular complexity index is 357. The van der Waals surface area contributed by atoms with Gasteiger partial charge in [0.25, 0.3) is 0 Å². The van der Waals surface area contributed by atoms with Crippen LogP contribution in [0.25, 0.3) is 0 Å². The van der Waals surface area contributed by atoms with Crippen LogP contribution in [0.1, 0.15) is 52.9 Å². The van der Waals surface area contributed by atoms with Crippen LogP contribution in [-0.2, 0) is 9.59 Å². The molecule has 1 saturated carbocycles. The van der Waals surface area contributed by atoms with Crippen molar-refractivity contribution in [1.29, 1.82) is 0 Å². The molecule has 116 valence electrons. The van der Waals surface area contributed by atoms with Crippen molar-refractivity contribution in [2.24, 2.45) is 22.5 Å². The average Bonchev–Trinajstić information content (AvgIpc) is 2.27. The second-order valence-electron chi connectivity index (χ2n) is 7.34. The molecule has 0 saturated heterocycles. The number of nitrogens with two attached hydrogens (primary N) is 1. The summed E-state index contributed by atoms with van der Waals surface area (Å²) < 4.78 is 0. The highest BCUT2D eigenvalue weighted by Gasteiger charge is 2.39. The zero-order chi connectivity index (χ0) is 15.4. The second kappa shape index (κ2) is 6.57. The maximum absolute atomic E-state index is 12.2. The molecule has 0 aromatic carbocycles. The number of hydrogen-bond acceptors (Lipinski definition) is 3. The Morgan fingerprint density at radius 3 is 2.30 bits per heavy atom. The van der Waals surface area contributed by atoms with E-state index >= 15 is 0 Å². The molecule has 20 heavy (non-hydrogen) atoms. The van der Waals surface area contributed by atoms with E-state index in [4.69, 9.17) is 10.8 Å². The highest BCUT2D eigenvalue weighted by Crippen LogP contribution is 2.43. The number of carboxylic acid groups (broad SMARTS) is 1. The van der Waals surface area contributed by atoms with Crippen LogP contribution < -0.4 is 11.1 Å². The van der Waals surface area contributed by atoms with Crippen LogP contribution in [0.3, 0.4) is 0 Å². The van der Waals surface area contributed by atoms with E-state index in [1.54, 1.807) is 0 Å². The molecule has 0 radical (unpaired) electrons. The van der Waals surface area contributed by atoms with E-state index in [1.165, 1.54) is 0 Å². The number of carbonyl (C=O) groups excluding carboxylic acids is 1. The maximum atomic E-state index is 12.2. The van der Waals surface area contributed by atoms with E-state index in [0.717, 1.165) is 25.7 Å². The van der Waals surface area contributed by atoms with Crippen molar-refractivity contribution in [2.45, 2.75) is 52.9 Å². The summed E-state index contributed by atoms with van der Waals surface area (Å²) in [7, 11) is 0. The largest absolute Gasteiger partial charge is 0.481 e. The Hall–Kier alpha value is -1.10. The lowest BCUT2D eigenvalue weighted by molar-refractivity contribution is -0.142. The highest BCUT2D eigenvalue weighted by atomic mass is 16.4. The van der Waals surface area contributed by atoms with Gasteiger partial charge < -0.3 is 16.2 Å². The summed E-state index contributed by atoms with van der Waals surface area (Å²) in [6, 6.07) is 0. The summed E-state index contributed by atoms with van der Waals surface area (Å²) in [5, 5.41) is 11.9. The van der Waals surface area contributed by atoms with Gasteiger partial charge >= 0.3 is 5.97 Å². The molecule has 1 atom stereocenters. The van der Waals surface area contributed by atoms with Gasteiger partial charge in [0.05, 0.1) is 12.3 Å². The Labute approximate surface area is 121 Å². The van der Waals surface area contributed by atoms with Crippen LogP contribution in [0.5, 0.6) is 0 Å². The first-order valence-corrected chi connectivity index (χ1v) is 7.37. The Morgan fingerprint density at radius 2 is 1.95 bits per heavy atom. The van der Waals surface area contributed by atoms with Crippen LogP contribution in [0, 0.1) is 16.7 Å². The highest BCUT2D eigenvalue weighted by molar-refractivity contribution is 5.79. The van der Waals surface area contributed by atoms with E-state index < -0.39 is 5.97 Å². The van der Waals surface area contributed by atoms with Crippen LogP contribution in [0.4, 0.5) is 0 Å². The van der Waals surface area contributed by atoms with Crippen molar-refractivity contribution in [3.8, 4) is 0 Å². The number of carboxylic acids is 1. The van der Waals surface area contributed by atoms with E-state index in [9.17, 15) is 9.59 Å². The van der Waals surface area contributed by atoms with Gasteiger partial charge in [0.15, 0.2) is 0 Å². The monoisotopic (exact) mass is 284 g/mol. The van der Waals surface area contributed by atoms with E-state index in [1.807, 2.05) is 0 Å². The van der Waals surface area contributed by atoms with Crippen molar-refractivity contribution in [3.63, 3.8) is 0 Å². The molecule has 0 heterocycles. The van der Waals surface area contributed by atoms with Gasteiger partial charge in [-0.15, -0.1) is 0 Å². The molecule has 5 heteroatoms. The van der Waals surface area contributed by atoms with Gasteiger partial charge in [-0.2, -0.15) is 0 Å². The molecule has 1 aliphatic rings. The first-order valence-electron chi connectivity index (χ1n) is 7.37. The second-order valence-corrected chi connectivity index (χ2v) is 7.34. The quantitative estimate of drug-likeness (QED) is 0.664. The molecule has 1 fully saturated rings. The van der Waals surface area contributed by atoms with E-state index in [0.29, 0.717) is 13.1 Å². The average molecular weight is 284 g/mol. The normalized spacial score (nSPS) is 19.0. The summed E-state index contributed by atoms with van der Waals surface area (Å²) in [5.41, 5.74) is 5.51. The van der Waals surface area contributed by atoms with Crippen LogP contribution in [0.2, 0.25) is 0 Å². The lowest BCUT2D eigenvalue weighted by Crippen LogP contribution is -2.46. The fraction of sp³-hybridized carbons (Fsp3) is 0.867. The van der Waals surface area contributed by atoms with Gasteiger partial charge in [-0.25, -0.2) is 0 Å². The number of rotatable bonds is 7. The van der Waals surface area contributed by atoms with Gasteiger partial charge in [-0.3, -0.25) is 9.59 Å². The van der Waals surface area contributed by atoms with E-state index in [2.05, 4.69) is 26.1 Å². The zero-order valence-electron chi connectivity index (χ0n) is 12.9. The Balaban J connectivity index is 2.50. The molecular formula is C15H28N2O3. The fourth-order valence-electron chi connectivity index (χ4n) is 2.85. The van der Waals surface area contributed by atoms with Gasteiger partial charge in [0, 0.05) is 13.1 Å². The molecule has 1 rings (SSSR count). The Kier molecular flexibility index (Phi) is 5.57. The number of hydrogen-bond donors (Lipinski definition) is 3. The number of aliphatic carboxylic acids is 1. The number of amides is 1. The van der Waals surface area contributed by atoms with Crippen molar-refractivity contribution in [3.05, 3.63) is 0 Å². The standard InChI is InChI=1S/C15H28N2O3/c1-14(2,3)7-11(9-16)13(20)17-10-15(5-4-6-15)8-12(18)19/h11H,4-10,16H2,1-3H3,(H,17,20)(H,18,19). The van der Waals surface area contributed by atoms with Crippen molar-refractivity contribution < 1.29 is 14.7 Å². The predicted molar refractivity (Wildman–Crippen MR) is 78.2 cm³/mol. The molecule has 1 unspecified atom stereocenters. The third-order valence-electron chi connectivity index (χ3n) is 4.09. The first-order chi connectivity index (χ1) is 9.17. The van der Waals surface area contributed by atoms with Crippen molar-refractivity contribution >= 4 is 11.9 Å². The minimum atomic E-state index is -0.788. The zero-order valence-corrected chi connectivity index (χ0v) is 12.9.